The van der Waals surface area contributed by atoms with Gasteiger partial charge in [-0.15, -0.1) is 0 Å². The lowest BCUT2D eigenvalue weighted by Gasteiger charge is -2.43. The lowest BCUT2D eigenvalue weighted by atomic mass is 9.68. The van der Waals surface area contributed by atoms with E-state index in [1.165, 1.54) is 0 Å². The highest BCUT2D eigenvalue weighted by atomic mass is 127. The molecule has 0 saturated carbocycles. The van der Waals surface area contributed by atoms with Gasteiger partial charge in [-0.05, 0) is 65.1 Å². The number of halogens is 2. The summed E-state index contributed by atoms with van der Waals surface area (Å²) in [6.07, 6.45) is 1.07. The first kappa shape index (κ1) is 29.2. The Morgan fingerprint density at radius 1 is 1.23 bits per heavy atom. The molecule has 9 heteroatoms. The molecule has 0 bridgehead atoms. The maximum atomic E-state index is 13.7. The van der Waals surface area contributed by atoms with Crippen LogP contribution in [-0.2, 0) is 16.1 Å². The van der Waals surface area contributed by atoms with Gasteiger partial charge >= 0.3 is 0 Å². The fraction of sp³-hybridized carbons (Fsp3) is 0.400. The van der Waals surface area contributed by atoms with Gasteiger partial charge in [-0.25, -0.2) is 0 Å². The highest BCUT2D eigenvalue weighted by Gasteiger charge is 2.44. The third kappa shape index (κ3) is 6.06. The number of nitriles is 1. The smallest absolute Gasteiger partial charge is 0.174 e. The molecule has 1 heterocycles. The molecule has 206 valence electrons. The summed E-state index contributed by atoms with van der Waals surface area (Å²) < 4.78 is 18.3. The van der Waals surface area contributed by atoms with Gasteiger partial charge in [0.2, 0.25) is 0 Å². The van der Waals surface area contributed by atoms with E-state index in [0.29, 0.717) is 66.1 Å². The number of nitrogens with zero attached hydrogens (tertiary/aromatic N) is 2. The first-order chi connectivity index (χ1) is 18.6. The van der Waals surface area contributed by atoms with Gasteiger partial charge in [-0.3, -0.25) is 4.79 Å². The average Bonchev–Trinajstić information content (AvgIpc) is 2.87. The molecule has 0 spiro atoms. The molecule has 1 aliphatic carbocycles. The highest BCUT2D eigenvalue weighted by molar-refractivity contribution is 14.1. The fourth-order valence-corrected chi connectivity index (χ4v) is 6.24. The normalized spacial score (nSPS) is 18.6. The zero-order chi connectivity index (χ0) is 28.3. The Bertz CT molecular complexity index is 1380. The standard InChI is InChI=1S/C30H33ClIN3O4/c1-5-38-25-13-19(12-22(32)28(25)39-17-18-8-6-7-9-21(18)31)26-20(16-33)29(34)35(10-11-37-4)23-14-30(2,3)15-24(36)27(23)26/h6-9,12-13,26H,5,10-11,14-15,17,34H2,1-4H3/t26-/m1/s1. The molecule has 0 unspecified atom stereocenters. The molecule has 0 fully saturated rings. The van der Waals surface area contributed by atoms with Crippen LogP contribution < -0.4 is 15.2 Å². The van der Waals surface area contributed by atoms with Gasteiger partial charge in [0.1, 0.15) is 12.4 Å². The van der Waals surface area contributed by atoms with Crippen molar-refractivity contribution in [2.24, 2.45) is 11.1 Å². The molecule has 1 atom stereocenters. The summed E-state index contributed by atoms with van der Waals surface area (Å²) in [7, 11) is 1.62. The van der Waals surface area contributed by atoms with Gasteiger partial charge in [-0.2, -0.15) is 5.26 Å². The van der Waals surface area contributed by atoms with Gasteiger partial charge in [0.05, 0.1) is 34.3 Å². The molecule has 0 amide bonds. The van der Waals surface area contributed by atoms with Gasteiger partial charge in [0, 0.05) is 41.9 Å². The number of Topliss-reactive ketones (excluding diaryl/α,β-unsaturated/α-hetero) is 1. The summed E-state index contributed by atoms with van der Waals surface area (Å²) in [5.41, 5.74) is 9.88. The molecule has 7 nitrogen and oxygen atoms in total. The number of methoxy groups -OCH3 is 1. The molecule has 2 aromatic rings. The number of ether oxygens (including phenoxy) is 3. The molecule has 2 aliphatic rings. The molecular weight excluding hydrogens is 629 g/mol. The molecule has 2 aromatic carbocycles. The van der Waals surface area contributed by atoms with Gasteiger partial charge in [0.15, 0.2) is 17.3 Å². The van der Waals surface area contributed by atoms with Crippen LogP contribution in [0.15, 0.2) is 59.1 Å². The van der Waals surface area contributed by atoms with Crippen LogP contribution in [0.25, 0.3) is 0 Å². The van der Waals surface area contributed by atoms with E-state index in [1.54, 1.807) is 7.11 Å². The number of carbonyl (C=O) groups is 1. The van der Waals surface area contributed by atoms with Crippen molar-refractivity contribution < 1.29 is 19.0 Å². The molecule has 0 saturated heterocycles. The van der Waals surface area contributed by atoms with Gasteiger partial charge in [0.25, 0.3) is 0 Å². The van der Waals surface area contributed by atoms with E-state index in [0.717, 1.165) is 20.4 Å². The maximum Gasteiger partial charge on any atom is 0.174 e. The topological polar surface area (TPSA) is 97.8 Å². The summed E-state index contributed by atoms with van der Waals surface area (Å²) in [6.45, 7) is 7.63. The summed E-state index contributed by atoms with van der Waals surface area (Å²) in [5, 5.41) is 10.9. The van der Waals surface area contributed by atoms with E-state index >= 15 is 0 Å². The van der Waals surface area contributed by atoms with Gasteiger partial charge < -0.3 is 24.8 Å². The zero-order valence-corrected chi connectivity index (χ0v) is 25.6. The first-order valence-electron chi connectivity index (χ1n) is 12.9. The van der Waals surface area contributed by atoms with Crippen LogP contribution >= 0.6 is 34.2 Å². The number of allylic oxidation sites excluding steroid dienone is 3. The quantitative estimate of drug-likeness (QED) is 0.315. The third-order valence-corrected chi connectivity index (χ3v) is 8.17. The van der Waals surface area contributed by atoms with Crippen molar-refractivity contribution in [3.63, 3.8) is 0 Å². The predicted octanol–water partition coefficient (Wildman–Crippen LogP) is 6.30. The third-order valence-electron chi connectivity index (χ3n) is 7.00. The van der Waals surface area contributed by atoms with Crippen LogP contribution in [0.5, 0.6) is 11.5 Å². The van der Waals surface area contributed by atoms with Crippen molar-refractivity contribution in [2.75, 3.05) is 26.9 Å². The van der Waals surface area contributed by atoms with E-state index in [4.69, 9.17) is 31.5 Å². The van der Waals surface area contributed by atoms with Crippen LogP contribution in [0.4, 0.5) is 0 Å². The maximum absolute atomic E-state index is 13.7. The second kappa shape index (κ2) is 12.2. The van der Waals surface area contributed by atoms with E-state index in [2.05, 4.69) is 42.5 Å². The van der Waals surface area contributed by atoms with E-state index in [1.807, 2.05) is 48.2 Å². The average molecular weight is 662 g/mol. The summed E-state index contributed by atoms with van der Waals surface area (Å²) in [6, 6.07) is 13.7. The zero-order valence-electron chi connectivity index (χ0n) is 22.6. The van der Waals surface area contributed by atoms with Crippen molar-refractivity contribution >= 4 is 40.0 Å². The van der Waals surface area contributed by atoms with Crippen molar-refractivity contribution in [1.29, 1.82) is 5.26 Å². The number of rotatable bonds is 9. The second-order valence-electron chi connectivity index (χ2n) is 10.4. The number of ketones is 1. The van der Waals surface area contributed by atoms with Crippen LogP contribution in [0.1, 0.15) is 50.7 Å². The summed E-state index contributed by atoms with van der Waals surface area (Å²) in [5.74, 6) is 0.906. The summed E-state index contributed by atoms with van der Waals surface area (Å²) >= 11 is 8.54. The van der Waals surface area contributed by atoms with Crippen LogP contribution in [0.2, 0.25) is 5.02 Å². The monoisotopic (exact) mass is 661 g/mol. The van der Waals surface area contributed by atoms with Crippen molar-refractivity contribution in [3.8, 4) is 17.6 Å². The van der Waals surface area contributed by atoms with Crippen molar-refractivity contribution in [3.05, 3.63) is 78.8 Å². The molecule has 1 aliphatic heterocycles. The number of benzene rings is 2. The Hall–Kier alpha value is -2.74. The predicted molar refractivity (Wildman–Crippen MR) is 159 cm³/mol. The Morgan fingerprint density at radius 3 is 2.64 bits per heavy atom. The first-order valence-corrected chi connectivity index (χ1v) is 14.3. The Labute approximate surface area is 248 Å². The van der Waals surface area contributed by atoms with Crippen LogP contribution in [0, 0.1) is 20.3 Å². The number of hydrogen-bond donors (Lipinski definition) is 1. The van der Waals surface area contributed by atoms with E-state index in [-0.39, 0.29) is 17.8 Å². The number of nitrogens with two attached hydrogens (primary N) is 1. The molecular formula is C30H33ClIN3O4. The largest absolute Gasteiger partial charge is 0.490 e. The highest BCUT2D eigenvalue weighted by Crippen LogP contribution is 2.50. The molecule has 4 rings (SSSR count). The molecule has 0 radical (unpaired) electrons. The lowest BCUT2D eigenvalue weighted by Crippen LogP contribution is -2.43. The number of hydrogen-bond acceptors (Lipinski definition) is 7. The number of carbonyl (C=O) groups excluding carboxylic acids is 1. The van der Waals surface area contributed by atoms with E-state index < -0.39 is 5.92 Å². The van der Waals surface area contributed by atoms with Crippen molar-refractivity contribution in [1.82, 2.24) is 4.90 Å². The molecule has 0 aromatic heterocycles. The Morgan fingerprint density at radius 2 is 1.97 bits per heavy atom. The minimum atomic E-state index is -0.599. The molecule has 2 N–H and O–H groups in total. The van der Waals surface area contributed by atoms with Gasteiger partial charge in [-0.1, -0.05) is 43.6 Å². The van der Waals surface area contributed by atoms with Crippen molar-refractivity contribution in [2.45, 2.75) is 46.1 Å². The summed E-state index contributed by atoms with van der Waals surface area (Å²) in [4.78, 5) is 15.6. The van der Waals surface area contributed by atoms with E-state index in [9.17, 15) is 10.1 Å². The SMILES string of the molecule is CCOc1cc([C@@H]2C(C#N)=C(N)N(CCOC)C3=C2C(=O)CC(C)(C)C3)cc(I)c1OCc1ccccc1Cl. The fourth-order valence-electron chi connectivity index (χ4n) is 5.27. The minimum Gasteiger partial charge on any atom is -0.490 e. The molecule has 39 heavy (non-hydrogen) atoms. The van der Waals surface area contributed by atoms with Crippen LogP contribution in [0.3, 0.4) is 0 Å². The Balaban J connectivity index is 1.83. The lowest BCUT2D eigenvalue weighted by molar-refractivity contribution is -0.118. The second-order valence-corrected chi connectivity index (χ2v) is 12.0. The minimum absolute atomic E-state index is 0.0286. The van der Waals surface area contributed by atoms with Crippen LogP contribution in [-0.4, -0.2) is 37.6 Å². The Kier molecular flexibility index (Phi) is 9.14.